The summed E-state index contributed by atoms with van der Waals surface area (Å²) in [5.74, 6) is -0.860. The Bertz CT molecular complexity index is 414. The van der Waals surface area contributed by atoms with Crippen molar-refractivity contribution in [3.05, 3.63) is 23.8 Å². The second-order valence-corrected chi connectivity index (χ2v) is 3.13. The summed E-state index contributed by atoms with van der Waals surface area (Å²) in [6, 6.07) is 4.32. The molecule has 5 heteroatoms. The lowest BCUT2D eigenvalue weighted by Crippen LogP contribution is -2.09. The summed E-state index contributed by atoms with van der Waals surface area (Å²) in [6.07, 6.45) is 0. The highest BCUT2D eigenvalue weighted by Gasteiger charge is 2.10. The molecule has 0 radical (unpaired) electrons. The Morgan fingerprint density at radius 1 is 1.44 bits per heavy atom. The zero-order valence-electron chi connectivity index (χ0n) is 9.11. The summed E-state index contributed by atoms with van der Waals surface area (Å²) in [5.41, 5.74) is 0.474. The van der Waals surface area contributed by atoms with Crippen LogP contribution in [0.3, 0.4) is 0 Å². The van der Waals surface area contributed by atoms with Crippen molar-refractivity contribution >= 4 is 17.6 Å². The van der Waals surface area contributed by atoms with E-state index >= 15 is 0 Å². The molecule has 16 heavy (non-hydrogen) atoms. The lowest BCUT2D eigenvalue weighted by molar-refractivity contribution is -0.114. The van der Waals surface area contributed by atoms with E-state index in [1.54, 1.807) is 0 Å². The Labute approximate surface area is 93.0 Å². The van der Waals surface area contributed by atoms with Crippen LogP contribution in [0.2, 0.25) is 0 Å². The molecule has 0 bridgehead atoms. The number of nitrogens with one attached hydrogen (secondary N) is 1. The highest BCUT2D eigenvalue weighted by molar-refractivity contribution is 5.94. The van der Waals surface area contributed by atoms with Gasteiger partial charge >= 0.3 is 5.97 Å². The van der Waals surface area contributed by atoms with Crippen molar-refractivity contribution in [2.75, 3.05) is 11.9 Å². The summed E-state index contributed by atoms with van der Waals surface area (Å²) in [4.78, 5) is 21.7. The number of carbonyl (C=O) groups is 2. The van der Waals surface area contributed by atoms with Crippen LogP contribution in [0.4, 0.5) is 5.69 Å². The molecule has 2 N–H and O–H groups in total. The van der Waals surface area contributed by atoms with Crippen LogP contribution in [0.25, 0.3) is 0 Å². The number of aromatic carboxylic acids is 1. The number of ether oxygens (including phenoxy) is 1. The first kappa shape index (κ1) is 12.0. The second-order valence-electron chi connectivity index (χ2n) is 3.13. The van der Waals surface area contributed by atoms with Crippen molar-refractivity contribution in [2.24, 2.45) is 0 Å². The molecule has 0 aromatic heterocycles. The quantitative estimate of drug-likeness (QED) is 0.815. The summed E-state index contributed by atoms with van der Waals surface area (Å²) < 4.78 is 5.26. The predicted molar refractivity (Wildman–Crippen MR) is 58.9 cm³/mol. The van der Waals surface area contributed by atoms with Crippen molar-refractivity contribution in [2.45, 2.75) is 13.8 Å². The van der Waals surface area contributed by atoms with Crippen LogP contribution in [0.15, 0.2) is 18.2 Å². The van der Waals surface area contributed by atoms with Crippen molar-refractivity contribution in [3.63, 3.8) is 0 Å². The highest BCUT2D eigenvalue weighted by Crippen LogP contribution is 2.25. The molecule has 0 saturated heterocycles. The number of carboxylic acid groups (broad SMARTS) is 1. The number of carbonyl (C=O) groups excluding carboxylic acids is 1. The van der Waals surface area contributed by atoms with Gasteiger partial charge in [-0.15, -0.1) is 0 Å². The van der Waals surface area contributed by atoms with Gasteiger partial charge in [0.2, 0.25) is 5.91 Å². The maximum atomic E-state index is 10.9. The van der Waals surface area contributed by atoms with E-state index in [2.05, 4.69) is 5.32 Å². The third-order valence-corrected chi connectivity index (χ3v) is 1.84. The van der Waals surface area contributed by atoms with Gasteiger partial charge in [0, 0.05) is 6.92 Å². The van der Waals surface area contributed by atoms with Gasteiger partial charge in [-0.05, 0) is 25.1 Å². The Morgan fingerprint density at radius 3 is 2.62 bits per heavy atom. The molecule has 0 aliphatic rings. The van der Waals surface area contributed by atoms with Gasteiger partial charge in [-0.25, -0.2) is 4.79 Å². The molecule has 1 aromatic carbocycles. The fourth-order valence-corrected chi connectivity index (χ4v) is 1.23. The molecule has 0 aliphatic carbocycles. The van der Waals surface area contributed by atoms with Crippen LogP contribution in [0.5, 0.6) is 5.75 Å². The van der Waals surface area contributed by atoms with Gasteiger partial charge in [0.25, 0.3) is 0 Å². The van der Waals surface area contributed by atoms with Gasteiger partial charge in [0.05, 0.1) is 17.9 Å². The summed E-state index contributed by atoms with van der Waals surface area (Å²) in [6.45, 7) is 3.60. The van der Waals surface area contributed by atoms with Crippen LogP contribution in [-0.4, -0.2) is 23.6 Å². The molecule has 1 aromatic rings. The number of hydrogen-bond donors (Lipinski definition) is 2. The fraction of sp³-hybridized carbons (Fsp3) is 0.273. The Kier molecular flexibility index (Phi) is 3.88. The molecule has 0 unspecified atom stereocenters. The largest absolute Gasteiger partial charge is 0.492 e. The minimum atomic E-state index is -1.05. The summed E-state index contributed by atoms with van der Waals surface area (Å²) >= 11 is 0. The molecule has 86 valence electrons. The third-order valence-electron chi connectivity index (χ3n) is 1.84. The third kappa shape index (κ3) is 2.98. The fourth-order valence-electron chi connectivity index (χ4n) is 1.23. The first-order valence-corrected chi connectivity index (χ1v) is 4.82. The molecule has 0 atom stereocenters. The number of rotatable bonds is 4. The lowest BCUT2D eigenvalue weighted by atomic mass is 10.2. The Morgan fingerprint density at radius 2 is 2.12 bits per heavy atom. The van der Waals surface area contributed by atoms with Gasteiger partial charge in [0.15, 0.2) is 0 Å². The van der Waals surface area contributed by atoms with Gasteiger partial charge in [-0.2, -0.15) is 0 Å². The Balaban J connectivity index is 3.09. The van der Waals surface area contributed by atoms with Gasteiger partial charge in [-0.1, -0.05) is 0 Å². The van der Waals surface area contributed by atoms with E-state index < -0.39 is 5.97 Å². The molecule has 5 nitrogen and oxygen atoms in total. The first-order valence-electron chi connectivity index (χ1n) is 4.82. The van der Waals surface area contributed by atoms with E-state index in [4.69, 9.17) is 9.84 Å². The van der Waals surface area contributed by atoms with Crippen molar-refractivity contribution in [3.8, 4) is 5.75 Å². The summed E-state index contributed by atoms with van der Waals surface area (Å²) in [5, 5.41) is 11.3. The molecular formula is C11H13NO4. The lowest BCUT2D eigenvalue weighted by Gasteiger charge is -2.10. The molecule has 1 amide bonds. The molecule has 0 fully saturated rings. The molecule has 0 saturated carbocycles. The summed E-state index contributed by atoms with van der Waals surface area (Å²) in [7, 11) is 0. The van der Waals surface area contributed by atoms with E-state index in [1.807, 2.05) is 6.92 Å². The number of amides is 1. The van der Waals surface area contributed by atoms with Gasteiger partial charge < -0.3 is 15.2 Å². The SMILES string of the molecule is CCOc1ccc(C(=O)O)cc1NC(C)=O. The van der Waals surface area contributed by atoms with Gasteiger partial charge in [-0.3, -0.25) is 4.79 Å². The zero-order valence-corrected chi connectivity index (χ0v) is 9.11. The minimum absolute atomic E-state index is 0.104. The second kappa shape index (κ2) is 5.16. The molecule has 0 aliphatic heterocycles. The molecular weight excluding hydrogens is 210 g/mol. The average Bonchev–Trinajstić information content (AvgIpc) is 2.19. The van der Waals surface area contributed by atoms with Crippen molar-refractivity contribution < 1.29 is 19.4 Å². The van der Waals surface area contributed by atoms with E-state index in [0.717, 1.165) is 0 Å². The molecule has 0 spiro atoms. The first-order chi connectivity index (χ1) is 7.54. The van der Waals surface area contributed by atoms with Crippen LogP contribution >= 0.6 is 0 Å². The maximum Gasteiger partial charge on any atom is 0.335 e. The molecule has 1 rings (SSSR count). The number of benzene rings is 1. The van der Waals surface area contributed by atoms with Crippen LogP contribution in [0.1, 0.15) is 24.2 Å². The van der Waals surface area contributed by atoms with E-state index in [-0.39, 0.29) is 11.5 Å². The van der Waals surface area contributed by atoms with Crippen molar-refractivity contribution in [1.29, 1.82) is 0 Å². The van der Waals surface area contributed by atoms with Crippen LogP contribution < -0.4 is 10.1 Å². The number of hydrogen-bond acceptors (Lipinski definition) is 3. The number of anilines is 1. The van der Waals surface area contributed by atoms with Crippen LogP contribution in [-0.2, 0) is 4.79 Å². The van der Waals surface area contributed by atoms with E-state index in [1.165, 1.54) is 25.1 Å². The smallest absolute Gasteiger partial charge is 0.335 e. The average molecular weight is 223 g/mol. The van der Waals surface area contributed by atoms with E-state index in [9.17, 15) is 9.59 Å². The minimum Gasteiger partial charge on any atom is -0.492 e. The highest BCUT2D eigenvalue weighted by atomic mass is 16.5. The monoisotopic (exact) mass is 223 g/mol. The van der Waals surface area contributed by atoms with E-state index in [0.29, 0.717) is 18.0 Å². The standard InChI is InChI=1S/C11H13NO4/c1-3-16-10-5-4-8(11(14)15)6-9(10)12-7(2)13/h4-6H,3H2,1-2H3,(H,12,13)(H,14,15). The zero-order chi connectivity index (χ0) is 12.1. The van der Waals surface area contributed by atoms with Gasteiger partial charge in [0.1, 0.15) is 5.75 Å². The van der Waals surface area contributed by atoms with Crippen molar-refractivity contribution in [1.82, 2.24) is 0 Å². The van der Waals surface area contributed by atoms with Crippen LogP contribution in [0, 0.1) is 0 Å². The maximum absolute atomic E-state index is 10.9. The number of carboxylic acids is 1. The predicted octanol–water partition coefficient (Wildman–Crippen LogP) is 1.74. The normalized spacial score (nSPS) is 9.62. The topological polar surface area (TPSA) is 75.6 Å². The molecule has 0 heterocycles. The Hall–Kier alpha value is -2.04.